The summed E-state index contributed by atoms with van der Waals surface area (Å²) < 4.78 is 3.98. The largest absolute Gasteiger partial charge is 0.338 e. The molecule has 2 aromatic heterocycles. The predicted molar refractivity (Wildman–Crippen MR) is 175 cm³/mol. The van der Waals surface area contributed by atoms with Crippen molar-refractivity contribution in [3.8, 4) is 0 Å². The van der Waals surface area contributed by atoms with Crippen LogP contribution in [0.4, 0.5) is 0 Å². The summed E-state index contributed by atoms with van der Waals surface area (Å²) in [5.74, 6) is -0.319. The van der Waals surface area contributed by atoms with E-state index in [2.05, 4.69) is 83.9 Å². The van der Waals surface area contributed by atoms with E-state index in [9.17, 15) is 9.59 Å². The van der Waals surface area contributed by atoms with E-state index in [-0.39, 0.29) is 17.9 Å². The molecule has 0 bridgehead atoms. The van der Waals surface area contributed by atoms with Crippen LogP contribution in [0.2, 0.25) is 0 Å². The molecule has 0 aliphatic carbocycles. The summed E-state index contributed by atoms with van der Waals surface area (Å²) in [6.45, 7) is 34.6. The average molecular weight is 559 g/mol. The number of rotatable bonds is 7. The minimum absolute atomic E-state index is 0.0630. The zero-order chi connectivity index (χ0) is 30.4. The molecule has 0 radical (unpaired) electrons. The van der Waals surface area contributed by atoms with Gasteiger partial charge in [-0.15, -0.1) is 0 Å². The van der Waals surface area contributed by atoms with Gasteiger partial charge in [-0.05, 0) is 49.9 Å². The summed E-state index contributed by atoms with van der Waals surface area (Å²) in [6, 6.07) is 8.16. The van der Waals surface area contributed by atoms with Gasteiger partial charge in [-0.25, -0.2) is 9.69 Å². The van der Waals surface area contributed by atoms with Crippen LogP contribution in [0.25, 0.3) is 59.3 Å². The highest BCUT2D eigenvalue weighted by Crippen LogP contribution is 2.40. The van der Waals surface area contributed by atoms with E-state index >= 15 is 0 Å². The molecule has 4 aromatic rings. The van der Waals surface area contributed by atoms with Crippen molar-refractivity contribution in [1.82, 2.24) is 14.1 Å². The molecule has 0 N–H and O–H groups in total. The van der Waals surface area contributed by atoms with Crippen molar-refractivity contribution in [2.75, 3.05) is 5.01 Å². The number of hydrogen-bond donors (Lipinski definition) is 0. The van der Waals surface area contributed by atoms with Crippen molar-refractivity contribution < 1.29 is 9.59 Å². The van der Waals surface area contributed by atoms with Crippen LogP contribution in [0.15, 0.2) is 37.4 Å². The Morgan fingerprint density at radius 3 is 1.45 bits per heavy atom. The fraction of sp³-hybridized carbons (Fsp3) is 0.278. The highest BCUT2D eigenvalue weighted by atomic mass is 16.2. The maximum atomic E-state index is 14.0. The molecule has 2 aliphatic heterocycles. The van der Waals surface area contributed by atoms with E-state index in [4.69, 9.17) is 0 Å². The molecular weight excluding hydrogens is 520 g/mol. The van der Waals surface area contributed by atoms with Crippen molar-refractivity contribution in [1.29, 1.82) is 0 Å². The second kappa shape index (κ2) is 9.48. The molecule has 0 spiro atoms. The molecule has 2 aromatic carbocycles. The van der Waals surface area contributed by atoms with E-state index in [1.807, 2.05) is 0 Å². The first kappa shape index (κ1) is 27.6. The van der Waals surface area contributed by atoms with Gasteiger partial charge in [0.05, 0.1) is 22.0 Å². The molecule has 0 fully saturated rings. The van der Waals surface area contributed by atoms with Crippen LogP contribution in [0, 0.1) is 0 Å². The number of nitrogens with zero attached hydrogens (tertiary/aromatic N) is 4. The van der Waals surface area contributed by atoms with Crippen LogP contribution in [0.3, 0.4) is 0 Å². The Labute approximate surface area is 246 Å². The van der Waals surface area contributed by atoms with E-state index in [0.29, 0.717) is 50.4 Å². The minimum Gasteiger partial charge on any atom is -0.338 e. The van der Waals surface area contributed by atoms with Gasteiger partial charge in [-0.2, -0.15) is 0 Å². The summed E-state index contributed by atoms with van der Waals surface area (Å²) in [7, 11) is 0. The third kappa shape index (κ3) is 3.38. The van der Waals surface area contributed by atoms with Gasteiger partial charge in [-0.1, -0.05) is 67.2 Å². The molecular formula is C36H38N4O2. The van der Waals surface area contributed by atoms with Gasteiger partial charge >= 0.3 is 0 Å². The molecule has 0 unspecified atom stereocenters. The van der Waals surface area contributed by atoms with Crippen LogP contribution in [0.5, 0.6) is 0 Å². The normalized spacial score (nSPS) is 15.0. The van der Waals surface area contributed by atoms with Crippen molar-refractivity contribution in [2.45, 2.75) is 65.5 Å². The molecule has 6 rings (SSSR count). The summed E-state index contributed by atoms with van der Waals surface area (Å²) in [5.41, 5.74) is 3.50. The SMILES string of the molecule is C=C1c2cc3c(cc2C(=O)N1C(CC)CC)C(=C)N(n1c(=C)c2cc4c(=C)n(C(CC)CC)c(=C)c4cc2c1=C)C3=O. The quantitative estimate of drug-likeness (QED) is 0.322. The summed E-state index contributed by atoms with van der Waals surface area (Å²) in [4.78, 5) is 29.3. The highest BCUT2D eigenvalue weighted by Gasteiger charge is 2.40. The first-order valence-electron chi connectivity index (χ1n) is 14.8. The molecule has 0 saturated carbocycles. The number of amides is 2. The van der Waals surface area contributed by atoms with Gasteiger partial charge in [0, 0.05) is 66.7 Å². The number of carbonyl (C=O) groups excluding carboxylic acids is 2. The standard InChI is InChI=1S/C36H38N4O2/c1-11-25(12-2)37-19(5)27-15-30-22(8)39(23(9)31(30)16-28(27)20(37)6)40-24(10)32-18-33-29(17-34(32)36(40)42)21(7)38(35(33)41)26(13-3)14-4/h15-18,25-26H,5-14H2,1-4H3. The molecule has 6 nitrogen and oxygen atoms in total. The lowest BCUT2D eigenvalue weighted by atomic mass is 9.99. The fourth-order valence-electron chi connectivity index (χ4n) is 7.12. The van der Waals surface area contributed by atoms with Crippen molar-refractivity contribution in [3.63, 3.8) is 0 Å². The molecule has 2 amide bonds. The molecule has 4 heterocycles. The van der Waals surface area contributed by atoms with Crippen LogP contribution >= 0.6 is 0 Å². The van der Waals surface area contributed by atoms with Gasteiger partial charge in [0.2, 0.25) is 0 Å². The van der Waals surface area contributed by atoms with Gasteiger partial charge in [0.1, 0.15) is 0 Å². The number of benzene rings is 2. The third-order valence-corrected chi connectivity index (χ3v) is 9.51. The maximum absolute atomic E-state index is 14.0. The lowest BCUT2D eigenvalue weighted by Gasteiger charge is -2.26. The van der Waals surface area contributed by atoms with Crippen molar-refractivity contribution >= 4 is 71.1 Å². The minimum atomic E-state index is -0.240. The van der Waals surface area contributed by atoms with Gasteiger partial charge in [0.15, 0.2) is 0 Å². The summed E-state index contributed by atoms with van der Waals surface area (Å²) in [5, 5.41) is 8.48. The average Bonchev–Trinajstić information content (AvgIpc) is 3.57. The summed E-state index contributed by atoms with van der Waals surface area (Å²) in [6.07, 6.45) is 3.64. The molecule has 6 heteroatoms. The zero-order valence-corrected chi connectivity index (χ0v) is 25.1. The second-order valence-electron chi connectivity index (χ2n) is 11.5. The van der Waals surface area contributed by atoms with E-state index < -0.39 is 0 Å². The number of carbonyl (C=O) groups is 2. The first-order valence-corrected chi connectivity index (χ1v) is 14.8. The van der Waals surface area contributed by atoms with E-state index in [1.165, 1.54) is 5.01 Å². The Bertz CT molecular complexity index is 1970. The van der Waals surface area contributed by atoms with E-state index in [0.717, 1.165) is 57.9 Å². The number of fused-ring (bicyclic) bond motifs is 4. The van der Waals surface area contributed by atoms with Gasteiger partial charge in [-0.3, -0.25) is 9.59 Å². The Morgan fingerprint density at radius 1 is 0.548 bits per heavy atom. The molecule has 2 aliphatic rings. The number of hydrogen-bond acceptors (Lipinski definition) is 2. The van der Waals surface area contributed by atoms with Gasteiger partial charge < -0.3 is 9.47 Å². The van der Waals surface area contributed by atoms with E-state index in [1.54, 1.807) is 21.7 Å². The lowest BCUT2D eigenvalue weighted by Crippen LogP contribution is -2.45. The fourth-order valence-corrected chi connectivity index (χ4v) is 7.12. The Kier molecular flexibility index (Phi) is 6.23. The molecule has 0 saturated heterocycles. The summed E-state index contributed by atoms with van der Waals surface area (Å²) >= 11 is 0. The van der Waals surface area contributed by atoms with Crippen molar-refractivity contribution in [3.05, 3.63) is 81.1 Å². The monoisotopic (exact) mass is 558 g/mol. The molecule has 42 heavy (non-hydrogen) atoms. The second-order valence-corrected chi connectivity index (χ2v) is 11.5. The zero-order valence-electron chi connectivity index (χ0n) is 25.1. The smallest absolute Gasteiger partial charge is 0.278 e. The van der Waals surface area contributed by atoms with Crippen LogP contribution < -0.4 is 26.4 Å². The Hall–Kier alpha value is -4.58. The topological polar surface area (TPSA) is 50.5 Å². The van der Waals surface area contributed by atoms with Crippen LogP contribution in [-0.2, 0) is 0 Å². The Morgan fingerprint density at radius 2 is 0.976 bits per heavy atom. The predicted octanol–water partition coefficient (Wildman–Crippen LogP) is 4.98. The lowest BCUT2D eigenvalue weighted by molar-refractivity contribution is 0.0798. The third-order valence-electron chi connectivity index (χ3n) is 9.51. The highest BCUT2D eigenvalue weighted by molar-refractivity contribution is 6.20. The maximum Gasteiger partial charge on any atom is 0.278 e. The molecule has 0 atom stereocenters. The molecule has 214 valence electrons. The first-order chi connectivity index (χ1) is 20.0. The van der Waals surface area contributed by atoms with Crippen LogP contribution in [-0.4, -0.2) is 32.0 Å². The van der Waals surface area contributed by atoms with Crippen molar-refractivity contribution in [2.24, 2.45) is 0 Å². The number of aromatic nitrogens is 2. The van der Waals surface area contributed by atoms with Gasteiger partial charge in [0.25, 0.3) is 11.8 Å². The van der Waals surface area contributed by atoms with Crippen LogP contribution in [0.1, 0.15) is 91.3 Å². The Balaban J connectivity index is 1.49.